The molecule has 6 rings (SSSR count). The lowest BCUT2D eigenvalue weighted by atomic mass is 9.79. The van der Waals surface area contributed by atoms with E-state index >= 15 is 0 Å². The Bertz CT molecular complexity index is 1410. The van der Waals surface area contributed by atoms with Gasteiger partial charge in [-0.1, -0.05) is 26.0 Å². The Morgan fingerprint density at radius 1 is 1.18 bits per heavy atom. The third kappa shape index (κ3) is 3.97. The summed E-state index contributed by atoms with van der Waals surface area (Å²) in [6.45, 7) is 4.96. The molecule has 1 aromatic heterocycles. The van der Waals surface area contributed by atoms with Gasteiger partial charge in [-0.15, -0.1) is 0 Å². The molecule has 14 nitrogen and oxygen atoms in total. The number of fused-ring (bicyclic) bond motifs is 1. The van der Waals surface area contributed by atoms with Gasteiger partial charge in [-0.25, -0.2) is 20.0 Å². The first-order valence-corrected chi connectivity index (χ1v) is 13.1. The van der Waals surface area contributed by atoms with Crippen LogP contribution in [0.3, 0.4) is 0 Å². The van der Waals surface area contributed by atoms with Gasteiger partial charge in [-0.3, -0.25) is 9.59 Å². The van der Waals surface area contributed by atoms with Gasteiger partial charge in [-0.2, -0.15) is 0 Å². The highest BCUT2D eigenvalue weighted by Gasteiger charge is 2.65. The van der Waals surface area contributed by atoms with Crippen molar-refractivity contribution >= 4 is 23.7 Å². The predicted octanol–water partition coefficient (Wildman–Crippen LogP) is -1.58. The van der Waals surface area contributed by atoms with Crippen molar-refractivity contribution in [3.63, 3.8) is 0 Å². The van der Waals surface area contributed by atoms with Crippen LogP contribution in [-0.4, -0.2) is 93.3 Å². The van der Waals surface area contributed by atoms with E-state index in [4.69, 9.17) is 16.2 Å². The molecule has 4 aliphatic heterocycles. The van der Waals surface area contributed by atoms with Crippen LogP contribution in [0, 0.1) is 0 Å². The van der Waals surface area contributed by atoms with Gasteiger partial charge in [-0.05, 0) is 24.0 Å². The molecule has 0 radical (unpaired) electrons. The number of aliphatic imine (C=N–C) groups is 2. The number of nitrogens with two attached hydrogens (primary N) is 2. The molecular weight excluding hydrogens is 516 g/mol. The van der Waals surface area contributed by atoms with Gasteiger partial charge in [0.25, 0.3) is 11.8 Å². The number of nitrogens with zero attached hydrogens (tertiary/aromatic N) is 5. The van der Waals surface area contributed by atoms with E-state index < -0.39 is 35.8 Å². The molecule has 0 aliphatic carbocycles. The quantitative estimate of drug-likeness (QED) is 0.253. The maximum absolute atomic E-state index is 13.5. The van der Waals surface area contributed by atoms with Gasteiger partial charge < -0.3 is 42.2 Å². The maximum atomic E-state index is 13.5. The summed E-state index contributed by atoms with van der Waals surface area (Å²) in [5.74, 6) is -0.0622. The smallest absolute Gasteiger partial charge is 0.289 e. The number of benzene rings is 1. The number of carbonyl (C=O) groups is 2. The van der Waals surface area contributed by atoms with Crippen molar-refractivity contribution in [3.05, 3.63) is 53.6 Å². The molecule has 3 unspecified atom stereocenters. The molecule has 2 amide bonds. The number of ether oxygens (including phenoxy) is 1. The Morgan fingerprint density at radius 2 is 1.95 bits per heavy atom. The number of hydrogen-bond acceptors (Lipinski definition) is 12. The SMILES string of the molecule is CC1(C)CCOc2c(C(=O)NC3CN4C(N)=N[C@@H](CNC(=O)c5ncccn5)C5N=C(N)NC54[C@@H]3O)cccc21. The maximum Gasteiger partial charge on any atom is 0.289 e. The van der Waals surface area contributed by atoms with Crippen molar-refractivity contribution in [2.45, 2.75) is 55.6 Å². The minimum atomic E-state index is -1.26. The summed E-state index contributed by atoms with van der Waals surface area (Å²) in [5.41, 5.74) is 12.4. The number of guanidine groups is 2. The molecule has 1 fully saturated rings. The number of amides is 2. The largest absolute Gasteiger partial charge is 0.492 e. The first kappa shape index (κ1) is 25.8. The standard InChI is InChI=1S/C26H32N10O4/c1-25(2)7-10-40-17-13(5-3-6-14(17)25)21(38)32-16-12-36-24(28)33-15(11-31-22(39)20-29-8-4-9-30-20)18-26(36,19(16)37)35-23(27)34-18/h3-6,8-9,15-16,18-19,37H,7,10-12H2,1-2H3,(H2,28,33)(H,31,39)(H,32,38)(H3,27,34,35)/t15-,16?,18?,19+,26?/m0/s1. The first-order chi connectivity index (χ1) is 19.1. The molecule has 40 heavy (non-hydrogen) atoms. The van der Waals surface area contributed by atoms with Gasteiger partial charge in [0.2, 0.25) is 5.82 Å². The van der Waals surface area contributed by atoms with Crippen molar-refractivity contribution in [3.8, 4) is 5.75 Å². The van der Waals surface area contributed by atoms with Gasteiger partial charge in [0.05, 0.1) is 24.3 Å². The summed E-state index contributed by atoms with van der Waals surface area (Å²) in [7, 11) is 0. The molecule has 210 valence electrons. The molecule has 4 aliphatic rings. The van der Waals surface area contributed by atoms with Gasteiger partial charge in [0, 0.05) is 31.0 Å². The van der Waals surface area contributed by atoms with E-state index in [1.807, 2.05) is 12.1 Å². The van der Waals surface area contributed by atoms with Crippen LogP contribution in [0.5, 0.6) is 5.75 Å². The van der Waals surface area contributed by atoms with Crippen molar-refractivity contribution in [1.29, 1.82) is 0 Å². The van der Waals surface area contributed by atoms with E-state index in [2.05, 4.69) is 49.8 Å². The number of hydrogen-bond donors (Lipinski definition) is 6. The highest BCUT2D eigenvalue weighted by Crippen LogP contribution is 2.42. The molecule has 0 saturated carbocycles. The molecule has 1 spiro atoms. The van der Waals surface area contributed by atoms with Crippen LogP contribution in [0.4, 0.5) is 0 Å². The molecular formula is C26H32N10O4. The van der Waals surface area contributed by atoms with E-state index in [-0.39, 0.29) is 42.2 Å². The molecule has 2 aromatic rings. The first-order valence-electron chi connectivity index (χ1n) is 13.1. The van der Waals surface area contributed by atoms with E-state index in [9.17, 15) is 14.7 Å². The lowest BCUT2D eigenvalue weighted by molar-refractivity contribution is 0.0143. The van der Waals surface area contributed by atoms with Crippen LogP contribution < -0.4 is 32.2 Å². The summed E-state index contributed by atoms with van der Waals surface area (Å²) in [6.07, 6.45) is 2.61. The van der Waals surface area contributed by atoms with E-state index in [0.717, 1.165) is 12.0 Å². The van der Waals surface area contributed by atoms with E-state index in [0.29, 0.717) is 17.9 Å². The molecule has 1 aromatic carbocycles. The predicted molar refractivity (Wildman–Crippen MR) is 145 cm³/mol. The molecule has 5 atom stereocenters. The third-order valence-corrected chi connectivity index (χ3v) is 8.17. The number of rotatable bonds is 5. The number of aromatic nitrogens is 2. The van der Waals surface area contributed by atoms with Crippen LogP contribution >= 0.6 is 0 Å². The summed E-state index contributed by atoms with van der Waals surface area (Å²) in [4.78, 5) is 44.7. The second kappa shape index (κ2) is 9.33. The van der Waals surface area contributed by atoms with Crippen molar-refractivity contribution in [2.24, 2.45) is 21.5 Å². The second-order valence-corrected chi connectivity index (χ2v) is 11.0. The fourth-order valence-electron chi connectivity index (χ4n) is 6.09. The average molecular weight is 549 g/mol. The molecule has 0 bridgehead atoms. The monoisotopic (exact) mass is 548 g/mol. The van der Waals surface area contributed by atoms with Gasteiger partial charge in [0.15, 0.2) is 17.6 Å². The number of aliphatic hydroxyl groups is 1. The Morgan fingerprint density at radius 3 is 2.73 bits per heavy atom. The summed E-state index contributed by atoms with van der Waals surface area (Å²) < 4.78 is 5.93. The summed E-state index contributed by atoms with van der Waals surface area (Å²) in [5, 5.41) is 20.5. The number of para-hydroxylation sites is 1. The van der Waals surface area contributed by atoms with Crippen molar-refractivity contribution < 1.29 is 19.4 Å². The number of carbonyl (C=O) groups excluding carboxylic acids is 2. The van der Waals surface area contributed by atoms with Gasteiger partial charge >= 0.3 is 0 Å². The Balaban J connectivity index is 1.23. The molecule has 8 N–H and O–H groups in total. The van der Waals surface area contributed by atoms with Crippen LogP contribution in [0.15, 0.2) is 46.6 Å². The zero-order chi connectivity index (χ0) is 28.2. The zero-order valence-electron chi connectivity index (χ0n) is 22.2. The van der Waals surface area contributed by atoms with Crippen LogP contribution in [0.2, 0.25) is 0 Å². The molecule has 14 heteroatoms. The summed E-state index contributed by atoms with van der Waals surface area (Å²) >= 11 is 0. The lowest BCUT2D eigenvalue weighted by Gasteiger charge is -2.46. The van der Waals surface area contributed by atoms with Crippen molar-refractivity contribution in [2.75, 3.05) is 19.7 Å². The van der Waals surface area contributed by atoms with E-state index in [1.165, 1.54) is 12.4 Å². The topological polar surface area (TPSA) is 205 Å². The highest BCUT2D eigenvalue weighted by atomic mass is 16.5. The minimum Gasteiger partial charge on any atom is -0.492 e. The third-order valence-electron chi connectivity index (χ3n) is 8.17. The van der Waals surface area contributed by atoms with Crippen molar-refractivity contribution in [1.82, 2.24) is 30.8 Å². The summed E-state index contributed by atoms with van der Waals surface area (Å²) in [6, 6.07) is 5.04. The van der Waals surface area contributed by atoms with Crippen LogP contribution in [0.1, 0.15) is 46.8 Å². The van der Waals surface area contributed by atoms with Crippen LogP contribution in [-0.2, 0) is 5.41 Å². The Labute approximate surface area is 230 Å². The fraction of sp³-hybridized carbons (Fsp3) is 0.462. The average Bonchev–Trinajstić information content (AvgIpc) is 3.43. The van der Waals surface area contributed by atoms with Gasteiger partial charge in [0.1, 0.15) is 17.9 Å². The van der Waals surface area contributed by atoms with Crippen LogP contribution in [0.25, 0.3) is 0 Å². The zero-order valence-corrected chi connectivity index (χ0v) is 22.2. The normalized spacial score (nSPS) is 29.5. The second-order valence-electron chi connectivity index (χ2n) is 11.0. The highest BCUT2D eigenvalue weighted by molar-refractivity contribution is 5.98. The Kier molecular flexibility index (Phi) is 6.02. The Hall–Kier alpha value is -4.46. The molecule has 1 saturated heterocycles. The van der Waals surface area contributed by atoms with E-state index in [1.54, 1.807) is 17.0 Å². The minimum absolute atomic E-state index is 0.0123. The number of aliphatic hydroxyl groups excluding tert-OH is 1. The lowest BCUT2D eigenvalue weighted by Crippen LogP contribution is -2.73. The number of nitrogens with one attached hydrogen (secondary N) is 3. The fourth-order valence-corrected chi connectivity index (χ4v) is 6.09. The molecule has 5 heterocycles.